The highest BCUT2D eigenvalue weighted by molar-refractivity contribution is 5.93. The molecule has 0 radical (unpaired) electrons. The standard InChI is InChI=1S/C19H23N3O3.C2HF3O2/c1-21-8-3-5-17(21)19(23)22-11-16-14(13-25-18(16)12-22)6-9-24-15-4-2-7-20-10-15;3-2(4,5)1(6)7/h2-5,7-8,10,14,16,18H,6,9,11-13H2,1H3;(H,6,7)/t14-,16-,18-;/m0./s1. The van der Waals surface area contributed by atoms with Gasteiger partial charge in [0.15, 0.2) is 0 Å². The van der Waals surface area contributed by atoms with Crippen molar-refractivity contribution in [3.05, 3.63) is 48.5 Å². The number of nitrogens with zero attached hydrogens (tertiary/aromatic N) is 3. The summed E-state index contributed by atoms with van der Waals surface area (Å²) in [5.74, 6) is -1.03. The predicted molar refractivity (Wildman–Crippen MR) is 106 cm³/mol. The lowest BCUT2D eigenvalue weighted by molar-refractivity contribution is -0.192. The zero-order valence-corrected chi connectivity index (χ0v) is 17.4. The molecule has 3 atom stereocenters. The van der Waals surface area contributed by atoms with Crippen LogP contribution in [0.4, 0.5) is 13.2 Å². The van der Waals surface area contributed by atoms with Crippen LogP contribution >= 0.6 is 0 Å². The number of likely N-dealkylation sites (tertiary alicyclic amines) is 1. The number of rotatable bonds is 5. The Balaban J connectivity index is 0.000000360. The fraction of sp³-hybridized carbons (Fsp3) is 0.476. The summed E-state index contributed by atoms with van der Waals surface area (Å²) in [7, 11) is 1.90. The quantitative estimate of drug-likeness (QED) is 0.745. The van der Waals surface area contributed by atoms with Crippen LogP contribution in [0.25, 0.3) is 0 Å². The summed E-state index contributed by atoms with van der Waals surface area (Å²) in [6.07, 6.45) is 1.37. The van der Waals surface area contributed by atoms with Crippen molar-refractivity contribution in [1.82, 2.24) is 14.5 Å². The molecular formula is C21H24F3N3O5. The molecule has 0 aromatic carbocycles. The van der Waals surface area contributed by atoms with E-state index in [0.717, 1.165) is 31.0 Å². The Labute approximate surface area is 182 Å². The summed E-state index contributed by atoms with van der Waals surface area (Å²) in [6, 6.07) is 7.56. The van der Waals surface area contributed by atoms with Gasteiger partial charge in [-0.05, 0) is 36.6 Å². The number of aryl methyl sites for hydroxylation is 1. The number of carboxylic acid groups (broad SMARTS) is 1. The number of carbonyl (C=O) groups excluding carboxylic acids is 1. The first-order chi connectivity index (χ1) is 15.2. The highest BCUT2D eigenvalue weighted by Gasteiger charge is 2.45. The highest BCUT2D eigenvalue weighted by Crippen LogP contribution is 2.36. The van der Waals surface area contributed by atoms with Gasteiger partial charge in [-0.3, -0.25) is 9.78 Å². The van der Waals surface area contributed by atoms with Crippen LogP contribution in [0.3, 0.4) is 0 Å². The second-order valence-electron chi connectivity index (χ2n) is 7.64. The molecule has 0 bridgehead atoms. The largest absolute Gasteiger partial charge is 0.492 e. The minimum Gasteiger partial charge on any atom is -0.492 e. The summed E-state index contributed by atoms with van der Waals surface area (Å²) < 4.78 is 45.3. The van der Waals surface area contributed by atoms with Gasteiger partial charge < -0.3 is 24.0 Å². The van der Waals surface area contributed by atoms with Crippen molar-refractivity contribution in [2.24, 2.45) is 18.9 Å². The first kappa shape index (κ1) is 23.6. The van der Waals surface area contributed by atoms with Gasteiger partial charge in [0, 0.05) is 38.4 Å². The minimum absolute atomic E-state index is 0.0934. The number of hydrogen-bond donors (Lipinski definition) is 1. The Morgan fingerprint density at radius 1 is 1.28 bits per heavy atom. The lowest BCUT2D eigenvalue weighted by atomic mass is 9.91. The molecule has 0 saturated carbocycles. The van der Waals surface area contributed by atoms with E-state index in [1.807, 2.05) is 47.0 Å². The van der Waals surface area contributed by atoms with E-state index in [1.165, 1.54) is 0 Å². The molecule has 4 heterocycles. The lowest BCUT2D eigenvalue weighted by Crippen LogP contribution is -2.32. The van der Waals surface area contributed by atoms with Crippen LogP contribution in [0.2, 0.25) is 0 Å². The Kier molecular flexibility index (Phi) is 7.39. The summed E-state index contributed by atoms with van der Waals surface area (Å²) in [6.45, 7) is 2.87. The maximum Gasteiger partial charge on any atom is 0.490 e. The number of hydrogen-bond acceptors (Lipinski definition) is 5. The second kappa shape index (κ2) is 10.0. The molecule has 4 rings (SSSR count). The van der Waals surface area contributed by atoms with Gasteiger partial charge in [0.05, 0.1) is 25.5 Å². The Morgan fingerprint density at radius 3 is 2.62 bits per heavy atom. The van der Waals surface area contributed by atoms with E-state index in [0.29, 0.717) is 25.0 Å². The van der Waals surface area contributed by atoms with Gasteiger partial charge in [-0.1, -0.05) is 0 Å². The Bertz CT molecular complexity index is 919. The number of aliphatic carboxylic acids is 1. The third-order valence-electron chi connectivity index (χ3n) is 5.52. The zero-order chi connectivity index (χ0) is 23.3. The number of carboxylic acids is 1. The molecule has 0 aliphatic carbocycles. The molecule has 11 heteroatoms. The molecule has 0 unspecified atom stereocenters. The highest BCUT2D eigenvalue weighted by atomic mass is 19.4. The molecule has 2 aromatic heterocycles. The third kappa shape index (κ3) is 5.78. The maximum atomic E-state index is 12.7. The van der Waals surface area contributed by atoms with Gasteiger partial charge in [-0.15, -0.1) is 0 Å². The van der Waals surface area contributed by atoms with Crippen molar-refractivity contribution in [2.75, 3.05) is 26.3 Å². The Hall–Kier alpha value is -3.08. The van der Waals surface area contributed by atoms with Gasteiger partial charge in [0.2, 0.25) is 0 Å². The van der Waals surface area contributed by atoms with Gasteiger partial charge >= 0.3 is 12.1 Å². The number of pyridine rings is 1. The molecule has 1 N–H and O–H groups in total. The van der Waals surface area contributed by atoms with Crippen LogP contribution < -0.4 is 4.74 Å². The van der Waals surface area contributed by atoms with E-state index in [9.17, 15) is 18.0 Å². The van der Waals surface area contributed by atoms with Gasteiger partial charge in [-0.25, -0.2) is 4.79 Å². The number of carbonyl (C=O) groups is 2. The van der Waals surface area contributed by atoms with Crippen molar-refractivity contribution < 1.29 is 37.3 Å². The van der Waals surface area contributed by atoms with Crippen molar-refractivity contribution in [2.45, 2.75) is 18.7 Å². The molecule has 2 aliphatic heterocycles. The van der Waals surface area contributed by atoms with Crippen LogP contribution in [0, 0.1) is 11.8 Å². The average molecular weight is 455 g/mol. The van der Waals surface area contributed by atoms with Crippen molar-refractivity contribution in [3.63, 3.8) is 0 Å². The molecule has 2 aromatic rings. The van der Waals surface area contributed by atoms with Gasteiger partial charge in [0.1, 0.15) is 11.4 Å². The molecule has 2 fully saturated rings. The monoisotopic (exact) mass is 455 g/mol. The molecular weight excluding hydrogens is 431 g/mol. The average Bonchev–Trinajstić information content (AvgIpc) is 3.45. The van der Waals surface area contributed by atoms with Crippen molar-refractivity contribution in [3.8, 4) is 5.75 Å². The lowest BCUT2D eigenvalue weighted by Gasteiger charge is -2.20. The van der Waals surface area contributed by atoms with Gasteiger partial charge in [-0.2, -0.15) is 13.2 Å². The van der Waals surface area contributed by atoms with E-state index in [2.05, 4.69) is 4.98 Å². The number of alkyl halides is 3. The number of halogens is 3. The number of aromatic nitrogens is 2. The number of fused-ring (bicyclic) bond motifs is 1. The topological polar surface area (TPSA) is 93.9 Å². The number of ether oxygens (including phenoxy) is 2. The first-order valence-electron chi connectivity index (χ1n) is 10.0. The van der Waals surface area contributed by atoms with Crippen LogP contribution in [-0.4, -0.2) is 70.0 Å². The molecule has 2 saturated heterocycles. The first-order valence-corrected chi connectivity index (χ1v) is 10.0. The Morgan fingerprint density at radius 2 is 2.03 bits per heavy atom. The summed E-state index contributed by atoms with van der Waals surface area (Å²) in [5.41, 5.74) is 0.733. The molecule has 1 amide bonds. The van der Waals surface area contributed by atoms with Gasteiger partial charge in [0.25, 0.3) is 5.91 Å². The molecule has 0 spiro atoms. The summed E-state index contributed by atoms with van der Waals surface area (Å²) in [5, 5.41) is 7.12. The normalized spacial score (nSPS) is 22.1. The van der Waals surface area contributed by atoms with Crippen LogP contribution in [0.5, 0.6) is 5.75 Å². The zero-order valence-electron chi connectivity index (χ0n) is 17.4. The summed E-state index contributed by atoms with van der Waals surface area (Å²) >= 11 is 0. The third-order valence-corrected chi connectivity index (χ3v) is 5.52. The smallest absolute Gasteiger partial charge is 0.490 e. The maximum absolute atomic E-state index is 12.7. The second-order valence-corrected chi connectivity index (χ2v) is 7.64. The van der Waals surface area contributed by atoms with E-state index in [1.54, 1.807) is 12.4 Å². The van der Waals surface area contributed by atoms with Crippen LogP contribution in [0.1, 0.15) is 16.9 Å². The SMILES string of the molecule is Cn1cccc1C(=O)N1C[C@H]2[C@@H](CCOc3cccnc3)CO[C@H]2C1.O=C(O)C(F)(F)F. The van der Waals surface area contributed by atoms with E-state index < -0.39 is 12.1 Å². The number of amides is 1. The van der Waals surface area contributed by atoms with Crippen molar-refractivity contribution >= 4 is 11.9 Å². The molecule has 8 nitrogen and oxygen atoms in total. The molecule has 2 aliphatic rings. The van der Waals surface area contributed by atoms with Crippen LogP contribution in [0.15, 0.2) is 42.9 Å². The van der Waals surface area contributed by atoms with Crippen LogP contribution in [-0.2, 0) is 16.6 Å². The van der Waals surface area contributed by atoms with Crippen molar-refractivity contribution in [1.29, 1.82) is 0 Å². The molecule has 174 valence electrons. The van der Waals surface area contributed by atoms with E-state index in [4.69, 9.17) is 19.4 Å². The fourth-order valence-corrected chi connectivity index (χ4v) is 3.87. The molecule has 32 heavy (non-hydrogen) atoms. The van der Waals surface area contributed by atoms with E-state index in [-0.39, 0.29) is 12.0 Å². The summed E-state index contributed by atoms with van der Waals surface area (Å²) in [4.78, 5) is 27.6. The predicted octanol–water partition coefficient (Wildman–Crippen LogP) is 2.61. The van der Waals surface area contributed by atoms with E-state index >= 15 is 0 Å². The minimum atomic E-state index is -5.08. The fourth-order valence-electron chi connectivity index (χ4n) is 3.87.